The fourth-order valence-electron chi connectivity index (χ4n) is 3.67. The van der Waals surface area contributed by atoms with Crippen LogP contribution in [0.25, 0.3) is 0 Å². The molecule has 2 unspecified atom stereocenters. The molecule has 6 heteroatoms. The van der Waals surface area contributed by atoms with Gasteiger partial charge in [-0.05, 0) is 25.0 Å². The lowest BCUT2D eigenvalue weighted by Crippen LogP contribution is -2.32. The first-order chi connectivity index (χ1) is 17.5. The molecule has 2 atom stereocenters. The summed E-state index contributed by atoms with van der Waals surface area (Å²) in [5.41, 5.74) is 3.23. The molecular weight excluding hydrogens is 452 g/mol. The molecule has 1 fully saturated rings. The maximum atomic E-state index is 12.8. The second-order valence-corrected chi connectivity index (χ2v) is 8.04. The van der Waals surface area contributed by atoms with Crippen molar-refractivity contribution in [3.63, 3.8) is 0 Å². The van der Waals surface area contributed by atoms with Crippen molar-refractivity contribution in [2.75, 3.05) is 0 Å². The van der Waals surface area contributed by atoms with E-state index >= 15 is 0 Å². The Hall–Kier alpha value is -4.19. The average molecular weight is 485 g/mol. The highest BCUT2D eigenvalue weighted by molar-refractivity contribution is 6.00. The van der Waals surface area contributed by atoms with Crippen molar-refractivity contribution in [1.29, 1.82) is 0 Å². The predicted octanol–water partition coefficient (Wildman–Crippen LogP) is 7.07. The van der Waals surface area contributed by atoms with E-state index in [1.807, 2.05) is 92.7 Å². The minimum Gasteiger partial charge on any atom is -0.441 e. The van der Waals surface area contributed by atoms with Gasteiger partial charge in [-0.1, -0.05) is 110 Å². The van der Waals surface area contributed by atoms with Gasteiger partial charge in [0, 0.05) is 6.42 Å². The third-order valence-electron chi connectivity index (χ3n) is 5.50. The molecule has 1 aliphatic rings. The van der Waals surface area contributed by atoms with Gasteiger partial charge in [-0.15, -0.1) is 0 Å². The lowest BCUT2D eigenvalue weighted by atomic mass is 10.1. The summed E-state index contributed by atoms with van der Waals surface area (Å²) in [6, 6.07) is 28.9. The highest BCUT2D eigenvalue weighted by Gasteiger charge is 2.46. The number of benzene rings is 3. The maximum absolute atomic E-state index is 12.8. The molecule has 3 aromatic carbocycles. The van der Waals surface area contributed by atoms with Crippen LogP contribution in [0.3, 0.4) is 0 Å². The van der Waals surface area contributed by atoms with E-state index in [2.05, 4.69) is 24.0 Å². The first kappa shape index (κ1) is 26.4. The van der Waals surface area contributed by atoms with E-state index in [4.69, 9.17) is 9.15 Å². The lowest BCUT2D eigenvalue weighted by molar-refractivity contribution is -0.131. The van der Waals surface area contributed by atoms with Crippen LogP contribution >= 0.6 is 0 Å². The number of oxazole rings is 1. The van der Waals surface area contributed by atoms with Gasteiger partial charge in [0.05, 0.1) is 12.2 Å². The number of rotatable bonds is 5. The summed E-state index contributed by atoms with van der Waals surface area (Å²) in [6.07, 6.45) is 0.275. The Morgan fingerprint density at radius 1 is 0.861 bits per heavy atom. The van der Waals surface area contributed by atoms with Crippen molar-refractivity contribution < 1.29 is 18.7 Å². The highest BCUT2D eigenvalue weighted by atomic mass is 16.6. The van der Waals surface area contributed by atoms with E-state index < -0.39 is 24.1 Å². The van der Waals surface area contributed by atoms with Gasteiger partial charge in [0.15, 0.2) is 0 Å². The van der Waals surface area contributed by atoms with Crippen LogP contribution < -0.4 is 0 Å². The number of amides is 2. The molecule has 2 amide bonds. The van der Waals surface area contributed by atoms with Gasteiger partial charge in [0.2, 0.25) is 5.89 Å². The van der Waals surface area contributed by atoms with Gasteiger partial charge in [0.1, 0.15) is 5.76 Å². The minimum absolute atomic E-state index is 0.0991. The number of imide groups is 1. The van der Waals surface area contributed by atoms with Crippen LogP contribution in [0, 0.1) is 6.92 Å². The summed E-state index contributed by atoms with van der Waals surface area (Å²) in [4.78, 5) is 30.3. The van der Waals surface area contributed by atoms with Crippen LogP contribution in [-0.4, -0.2) is 21.9 Å². The number of cyclic esters (lactones) is 1. The SMILES string of the molecule is CC.CC(c1ccccc1)N1C(=O)OC(c2ncc(Cc3ccccc3)o2)C1=O.Cc1ccccc1. The Morgan fingerprint density at radius 2 is 1.42 bits per heavy atom. The third kappa shape index (κ3) is 6.69. The number of aromatic nitrogens is 1. The van der Waals surface area contributed by atoms with Gasteiger partial charge in [-0.3, -0.25) is 4.79 Å². The zero-order valence-electron chi connectivity index (χ0n) is 21.1. The number of carbonyl (C=O) groups excluding carboxylic acids is 2. The van der Waals surface area contributed by atoms with E-state index in [0.717, 1.165) is 16.0 Å². The van der Waals surface area contributed by atoms with Gasteiger partial charge in [-0.25, -0.2) is 14.7 Å². The van der Waals surface area contributed by atoms with Gasteiger partial charge >= 0.3 is 6.09 Å². The van der Waals surface area contributed by atoms with Crippen molar-refractivity contribution >= 4 is 12.0 Å². The van der Waals surface area contributed by atoms with Crippen molar-refractivity contribution in [1.82, 2.24) is 9.88 Å². The fraction of sp³-hybridized carbons (Fsp3) is 0.233. The largest absolute Gasteiger partial charge is 0.441 e. The highest BCUT2D eigenvalue weighted by Crippen LogP contribution is 2.33. The average Bonchev–Trinajstić information content (AvgIpc) is 3.50. The molecule has 1 saturated heterocycles. The van der Waals surface area contributed by atoms with Crippen LogP contribution in [0.2, 0.25) is 0 Å². The standard InChI is InChI=1S/C21H18N2O4.C7H8.C2H6/c1-14(16-10-6-3-7-11-16)23-20(24)18(27-21(23)25)19-22-13-17(26-19)12-15-8-4-2-5-9-15;1-7-5-3-2-4-6-7;1-2/h2-11,13-14,18H,12H2,1H3;2-6H,1H3;1-2H3. The van der Waals surface area contributed by atoms with Gasteiger partial charge in [-0.2, -0.15) is 0 Å². The number of hydrogen-bond acceptors (Lipinski definition) is 5. The summed E-state index contributed by atoms with van der Waals surface area (Å²) in [5.74, 6) is 0.237. The first-order valence-corrected chi connectivity index (χ1v) is 12.1. The number of nitrogens with zero attached hydrogens (tertiary/aromatic N) is 2. The van der Waals surface area contributed by atoms with Crippen molar-refractivity contribution in [3.8, 4) is 0 Å². The molecule has 36 heavy (non-hydrogen) atoms. The van der Waals surface area contributed by atoms with Crippen molar-refractivity contribution in [2.45, 2.75) is 46.3 Å². The molecule has 0 radical (unpaired) electrons. The molecule has 0 aliphatic carbocycles. The zero-order valence-corrected chi connectivity index (χ0v) is 21.1. The summed E-state index contributed by atoms with van der Waals surface area (Å²) in [7, 11) is 0. The van der Waals surface area contributed by atoms with Crippen LogP contribution in [0.5, 0.6) is 0 Å². The molecule has 186 valence electrons. The topological polar surface area (TPSA) is 72.6 Å². The molecule has 0 spiro atoms. The second-order valence-electron chi connectivity index (χ2n) is 8.04. The monoisotopic (exact) mass is 484 g/mol. The van der Waals surface area contributed by atoms with Crippen LogP contribution in [-0.2, 0) is 16.0 Å². The smallest absolute Gasteiger partial charge is 0.418 e. The summed E-state index contributed by atoms with van der Waals surface area (Å²) >= 11 is 0. The van der Waals surface area contributed by atoms with Crippen molar-refractivity contribution in [2.24, 2.45) is 0 Å². The molecule has 0 bridgehead atoms. The molecule has 0 N–H and O–H groups in total. The number of ether oxygens (including phenoxy) is 1. The molecule has 2 heterocycles. The Labute approximate surface area is 212 Å². The van der Waals surface area contributed by atoms with Gasteiger partial charge in [0.25, 0.3) is 12.0 Å². The van der Waals surface area contributed by atoms with E-state index in [1.54, 1.807) is 13.1 Å². The van der Waals surface area contributed by atoms with Gasteiger partial charge < -0.3 is 9.15 Å². The van der Waals surface area contributed by atoms with Crippen LogP contribution in [0.15, 0.2) is 102 Å². The normalized spacial score (nSPS) is 15.2. The first-order valence-electron chi connectivity index (χ1n) is 12.1. The summed E-state index contributed by atoms with van der Waals surface area (Å²) < 4.78 is 10.9. The van der Waals surface area contributed by atoms with Crippen LogP contribution in [0.1, 0.15) is 61.3 Å². The van der Waals surface area contributed by atoms with E-state index in [1.165, 1.54) is 5.56 Å². The molecule has 4 aromatic rings. The Kier molecular flexibility index (Phi) is 9.57. The third-order valence-corrected chi connectivity index (χ3v) is 5.50. The zero-order chi connectivity index (χ0) is 25.9. The molecular formula is C30H32N2O4. The second kappa shape index (κ2) is 13.0. The Bertz CT molecular complexity index is 1220. The Morgan fingerprint density at radius 3 is 1.97 bits per heavy atom. The van der Waals surface area contributed by atoms with E-state index in [0.29, 0.717) is 12.2 Å². The minimum atomic E-state index is -1.15. The number of aryl methyl sites for hydroxylation is 1. The number of hydrogen-bond donors (Lipinski definition) is 0. The fourth-order valence-corrected chi connectivity index (χ4v) is 3.67. The quantitative estimate of drug-likeness (QED) is 0.303. The Balaban J connectivity index is 0.000000342. The van der Waals surface area contributed by atoms with Crippen LogP contribution in [0.4, 0.5) is 4.79 Å². The molecule has 1 aliphatic heterocycles. The van der Waals surface area contributed by atoms with Crippen molar-refractivity contribution in [3.05, 3.63) is 126 Å². The predicted molar refractivity (Wildman–Crippen MR) is 139 cm³/mol. The lowest BCUT2D eigenvalue weighted by Gasteiger charge is -2.20. The maximum Gasteiger partial charge on any atom is 0.418 e. The molecule has 6 nitrogen and oxygen atoms in total. The molecule has 0 saturated carbocycles. The van der Waals surface area contributed by atoms with E-state index in [-0.39, 0.29) is 5.89 Å². The summed E-state index contributed by atoms with van der Waals surface area (Å²) in [5, 5.41) is 0. The molecule has 1 aromatic heterocycles. The number of carbonyl (C=O) groups is 2. The van der Waals surface area contributed by atoms with E-state index in [9.17, 15) is 9.59 Å². The summed E-state index contributed by atoms with van der Waals surface area (Å²) in [6.45, 7) is 7.87. The molecule has 5 rings (SSSR count).